The molecule has 5 nitrogen and oxygen atoms in total. The van der Waals surface area contributed by atoms with Crippen LogP contribution in [0.4, 0.5) is 5.69 Å². The molecule has 22 heavy (non-hydrogen) atoms. The highest BCUT2D eigenvalue weighted by molar-refractivity contribution is 6.07. The summed E-state index contributed by atoms with van der Waals surface area (Å²) < 4.78 is 0. The Labute approximate surface area is 130 Å². The lowest BCUT2D eigenvalue weighted by Gasteiger charge is -2.34. The molecule has 1 aromatic rings. The van der Waals surface area contributed by atoms with Gasteiger partial charge in [0.05, 0.1) is 5.69 Å². The summed E-state index contributed by atoms with van der Waals surface area (Å²) in [5, 5.41) is 21.5. The molecule has 0 saturated carbocycles. The number of aromatic hydroxyl groups is 1. The Bertz CT molecular complexity index is 604. The van der Waals surface area contributed by atoms with Crippen LogP contribution in [-0.4, -0.2) is 28.5 Å². The molecule has 0 radical (unpaired) electrons. The van der Waals surface area contributed by atoms with Gasteiger partial charge >= 0.3 is 0 Å². The summed E-state index contributed by atoms with van der Waals surface area (Å²) in [5.41, 5.74) is 0.364. The lowest BCUT2D eigenvalue weighted by atomic mass is 10.0. The fraction of sp³-hybridized carbons (Fsp3) is 0.412. The fourth-order valence-corrected chi connectivity index (χ4v) is 2.70. The minimum Gasteiger partial charge on any atom is -0.506 e. The van der Waals surface area contributed by atoms with E-state index >= 15 is 0 Å². The second kappa shape index (κ2) is 7.51. The Kier molecular flexibility index (Phi) is 5.42. The minimum atomic E-state index is -0.496. The number of amides is 1. The van der Waals surface area contributed by atoms with E-state index in [1.807, 2.05) is 6.07 Å². The van der Waals surface area contributed by atoms with E-state index in [9.17, 15) is 15.2 Å². The number of nitriles is 1. The van der Waals surface area contributed by atoms with Gasteiger partial charge in [0.2, 0.25) is 0 Å². The molecule has 1 amide bonds. The van der Waals surface area contributed by atoms with Crippen molar-refractivity contribution in [3.63, 3.8) is 0 Å². The van der Waals surface area contributed by atoms with Crippen LogP contribution in [0.5, 0.6) is 5.75 Å². The average molecular weight is 299 g/mol. The first-order valence-corrected chi connectivity index (χ1v) is 7.62. The zero-order valence-electron chi connectivity index (χ0n) is 12.7. The van der Waals surface area contributed by atoms with Crippen LogP contribution in [0.2, 0.25) is 0 Å². The van der Waals surface area contributed by atoms with Crippen molar-refractivity contribution >= 4 is 11.6 Å². The summed E-state index contributed by atoms with van der Waals surface area (Å²) in [5.74, 6) is -0.512. The van der Waals surface area contributed by atoms with Gasteiger partial charge in [0.25, 0.3) is 5.91 Å². The number of nitrogens with zero attached hydrogens (tertiary/aromatic N) is 2. The SMILES string of the molecule is CCC1CCCCN1/C=C(/C#N)C(=O)Nc1ccccc1O. The first kappa shape index (κ1) is 15.9. The number of carbonyl (C=O) groups excluding carboxylic acids is 1. The predicted molar refractivity (Wildman–Crippen MR) is 85.1 cm³/mol. The molecule has 1 aliphatic rings. The van der Waals surface area contributed by atoms with Crippen molar-refractivity contribution in [1.82, 2.24) is 4.90 Å². The highest BCUT2D eigenvalue weighted by Gasteiger charge is 2.20. The van der Waals surface area contributed by atoms with Gasteiger partial charge in [0.1, 0.15) is 17.4 Å². The first-order valence-electron chi connectivity index (χ1n) is 7.62. The van der Waals surface area contributed by atoms with Crippen molar-refractivity contribution in [3.8, 4) is 11.8 Å². The van der Waals surface area contributed by atoms with E-state index in [1.165, 1.54) is 12.5 Å². The summed E-state index contributed by atoms with van der Waals surface area (Å²) in [6, 6.07) is 8.81. The Hall–Kier alpha value is -2.48. The molecule has 1 fully saturated rings. The number of anilines is 1. The summed E-state index contributed by atoms with van der Waals surface area (Å²) >= 11 is 0. The van der Waals surface area contributed by atoms with E-state index in [0.29, 0.717) is 11.7 Å². The molecule has 1 saturated heterocycles. The molecule has 2 N–H and O–H groups in total. The summed E-state index contributed by atoms with van der Waals surface area (Å²) in [4.78, 5) is 14.3. The number of para-hydroxylation sites is 2. The van der Waals surface area contributed by atoms with Crippen molar-refractivity contribution in [2.75, 3.05) is 11.9 Å². The predicted octanol–water partition coefficient (Wildman–Crippen LogP) is 3.00. The smallest absolute Gasteiger partial charge is 0.267 e. The Balaban J connectivity index is 2.13. The average Bonchev–Trinajstić information content (AvgIpc) is 2.55. The van der Waals surface area contributed by atoms with E-state index in [0.717, 1.165) is 25.8 Å². The van der Waals surface area contributed by atoms with E-state index in [4.69, 9.17) is 0 Å². The molecular weight excluding hydrogens is 278 g/mol. The summed E-state index contributed by atoms with van der Waals surface area (Å²) in [6.45, 7) is 2.98. The number of rotatable bonds is 4. The van der Waals surface area contributed by atoms with Crippen molar-refractivity contribution in [2.45, 2.75) is 38.6 Å². The van der Waals surface area contributed by atoms with Crippen LogP contribution in [0.25, 0.3) is 0 Å². The second-order valence-corrected chi connectivity index (χ2v) is 5.42. The van der Waals surface area contributed by atoms with Crippen molar-refractivity contribution in [1.29, 1.82) is 5.26 Å². The molecule has 116 valence electrons. The maximum atomic E-state index is 12.2. The van der Waals surface area contributed by atoms with Crippen LogP contribution < -0.4 is 5.32 Å². The molecule has 0 bridgehead atoms. The van der Waals surface area contributed by atoms with Gasteiger partial charge in [0.15, 0.2) is 0 Å². The van der Waals surface area contributed by atoms with Crippen molar-refractivity contribution in [2.24, 2.45) is 0 Å². The van der Waals surface area contributed by atoms with Gasteiger partial charge in [-0.3, -0.25) is 4.79 Å². The topological polar surface area (TPSA) is 76.4 Å². The lowest BCUT2D eigenvalue weighted by Crippen LogP contribution is -2.35. The van der Waals surface area contributed by atoms with Gasteiger partial charge in [-0.1, -0.05) is 19.1 Å². The molecule has 1 aliphatic heterocycles. The zero-order valence-corrected chi connectivity index (χ0v) is 12.7. The van der Waals surface area contributed by atoms with Gasteiger partial charge in [0, 0.05) is 18.8 Å². The maximum absolute atomic E-state index is 12.2. The molecule has 1 heterocycles. The number of hydrogen-bond donors (Lipinski definition) is 2. The molecular formula is C17H21N3O2. The van der Waals surface area contributed by atoms with Crippen molar-refractivity contribution in [3.05, 3.63) is 36.0 Å². The Morgan fingerprint density at radius 2 is 2.27 bits per heavy atom. The molecule has 1 atom stereocenters. The fourth-order valence-electron chi connectivity index (χ4n) is 2.70. The third-order valence-corrected chi connectivity index (χ3v) is 3.96. The molecule has 2 rings (SSSR count). The maximum Gasteiger partial charge on any atom is 0.267 e. The molecule has 0 aliphatic carbocycles. The largest absolute Gasteiger partial charge is 0.506 e. The normalized spacial score (nSPS) is 18.6. The molecule has 1 unspecified atom stereocenters. The Morgan fingerprint density at radius 3 is 2.95 bits per heavy atom. The quantitative estimate of drug-likeness (QED) is 0.509. The molecule has 5 heteroatoms. The van der Waals surface area contributed by atoms with Gasteiger partial charge in [-0.15, -0.1) is 0 Å². The third-order valence-electron chi connectivity index (χ3n) is 3.96. The number of hydrogen-bond acceptors (Lipinski definition) is 4. The van der Waals surface area contributed by atoms with Gasteiger partial charge < -0.3 is 15.3 Å². The van der Waals surface area contributed by atoms with Crippen LogP contribution in [0.15, 0.2) is 36.0 Å². The van der Waals surface area contributed by atoms with Crippen LogP contribution in [0.3, 0.4) is 0 Å². The number of phenols is 1. The van der Waals surface area contributed by atoms with Crippen LogP contribution in [0.1, 0.15) is 32.6 Å². The molecule has 1 aromatic carbocycles. The van der Waals surface area contributed by atoms with E-state index in [1.54, 1.807) is 24.4 Å². The number of likely N-dealkylation sites (tertiary alicyclic amines) is 1. The first-order chi connectivity index (χ1) is 10.7. The summed E-state index contributed by atoms with van der Waals surface area (Å²) in [7, 11) is 0. The van der Waals surface area contributed by atoms with E-state index in [2.05, 4.69) is 17.1 Å². The minimum absolute atomic E-state index is 0.0162. The number of nitrogens with one attached hydrogen (secondary N) is 1. The van der Waals surface area contributed by atoms with Gasteiger partial charge in [-0.2, -0.15) is 5.26 Å². The molecule has 0 aromatic heterocycles. The van der Waals surface area contributed by atoms with Crippen LogP contribution in [-0.2, 0) is 4.79 Å². The van der Waals surface area contributed by atoms with E-state index in [-0.39, 0.29) is 11.3 Å². The van der Waals surface area contributed by atoms with E-state index < -0.39 is 5.91 Å². The standard InChI is InChI=1S/C17H21N3O2/c1-2-14-7-5-6-10-20(14)12-13(11-18)17(22)19-15-8-3-4-9-16(15)21/h3-4,8-9,12,14,21H,2,5-7,10H2,1H3,(H,19,22)/b13-12-. The summed E-state index contributed by atoms with van der Waals surface area (Å²) in [6.07, 6.45) is 6.01. The third kappa shape index (κ3) is 3.79. The Morgan fingerprint density at radius 1 is 1.50 bits per heavy atom. The highest BCUT2D eigenvalue weighted by Crippen LogP contribution is 2.23. The van der Waals surface area contributed by atoms with Crippen LogP contribution >= 0.6 is 0 Å². The van der Waals surface area contributed by atoms with Crippen molar-refractivity contribution < 1.29 is 9.90 Å². The second-order valence-electron chi connectivity index (χ2n) is 5.42. The number of piperidine rings is 1. The van der Waals surface area contributed by atoms with Crippen LogP contribution in [0, 0.1) is 11.3 Å². The van der Waals surface area contributed by atoms with Gasteiger partial charge in [-0.25, -0.2) is 0 Å². The molecule has 0 spiro atoms. The number of benzene rings is 1. The number of carbonyl (C=O) groups is 1. The van der Waals surface area contributed by atoms with Gasteiger partial charge in [-0.05, 0) is 37.8 Å². The highest BCUT2D eigenvalue weighted by atomic mass is 16.3. The zero-order chi connectivity index (χ0) is 15.9. The monoisotopic (exact) mass is 299 g/mol. The lowest BCUT2D eigenvalue weighted by molar-refractivity contribution is -0.112. The number of phenolic OH excluding ortho intramolecular Hbond substituents is 1.